The molecular weight excluding hydrogens is 454 g/mol. The molecule has 4 aromatic rings. The number of nitro groups is 1. The zero-order chi connectivity index (χ0) is 25.3. The number of para-hydroxylation sites is 2. The second-order valence-corrected chi connectivity index (χ2v) is 8.20. The van der Waals surface area contributed by atoms with Crippen molar-refractivity contribution in [2.45, 2.75) is 33.7 Å². The van der Waals surface area contributed by atoms with Gasteiger partial charge in [0.2, 0.25) is 0 Å². The van der Waals surface area contributed by atoms with E-state index in [1.165, 1.54) is 24.4 Å². The lowest BCUT2D eigenvalue weighted by molar-refractivity contribution is -0.383. The number of anilines is 1. The van der Waals surface area contributed by atoms with Crippen LogP contribution in [-0.4, -0.2) is 38.2 Å². The molecule has 3 aromatic heterocycles. The highest BCUT2D eigenvalue weighted by Crippen LogP contribution is 2.30. The molecule has 0 aliphatic carbocycles. The first-order valence-corrected chi connectivity index (χ1v) is 10.8. The Morgan fingerprint density at radius 1 is 1.23 bits per heavy atom. The molecule has 1 N–H and O–H groups in total. The van der Waals surface area contributed by atoms with Gasteiger partial charge in [0.05, 0.1) is 27.8 Å². The monoisotopic (exact) mass is 477 g/mol. The molecule has 1 aromatic carbocycles. The molecule has 0 bridgehead atoms. The Morgan fingerprint density at radius 2 is 1.97 bits per heavy atom. The summed E-state index contributed by atoms with van der Waals surface area (Å²) < 4.78 is 12.6. The Bertz CT molecular complexity index is 1450. The highest BCUT2D eigenvalue weighted by atomic mass is 16.6. The standard InChI is InChI=1S/C24H23N5O6/c1-13(2)28-23-18(11-25-28)17(10-20(27-23)16-9-14(3)35-15(16)4)24(31)34-12-22(30)26-19-7-5-6-8-21(19)29(32)33/h5-11,13H,12H2,1-4H3,(H,26,30). The lowest BCUT2D eigenvalue weighted by atomic mass is 10.1. The van der Waals surface area contributed by atoms with Gasteiger partial charge in [0, 0.05) is 17.7 Å². The van der Waals surface area contributed by atoms with E-state index in [0.717, 1.165) is 5.56 Å². The molecule has 0 unspecified atom stereocenters. The predicted octanol–water partition coefficient (Wildman–Crippen LogP) is 4.59. The van der Waals surface area contributed by atoms with Crippen molar-refractivity contribution in [3.05, 3.63) is 69.8 Å². The number of rotatable bonds is 7. The lowest BCUT2D eigenvalue weighted by Crippen LogP contribution is -2.21. The Hall–Kier alpha value is -4.54. The van der Waals surface area contributed by atoms with Crippen LogP contribution >= 0.6 is 0 Å². The topological polar surface area (TPSA) is 142 Å². The average Bonchev–Trinajstić information content (AvgIpc) is 3.39. The number of pyridine rings is 1. The maximum Gasteiger partial charge on any atom is 0.339 e. The number of nitrogens with zero attached hydrogens (tertiary/aromatic N) is 4. The summed E-state index contributed by atoms with van der Waals surface area (Å²) in [7, 11) is 0. The summed E-state index contributed by atoms with van der Waals surface area (Å²) in [5, 5.41) is 18.4. The van der Waals surface area contributed by atoms with Crippen LogP contribution in [0.4, 0.5) is 11.4 Å². The number of carbonyl (C=O) groups is 2. The second kappa shape index (κ2) is 9.37. The number of furan rings is 1. The van der Waals surface area contributed by atoms with Gasteiger partial charge in [-0.2, -0.15) is 5.10 Å². The average molecular weight is 477 g/mol. The van der Waals surface area contributed by atoms with E-state index in [1.807, 2.05) is 26.8 Å². The molecular formula is C24H23N5O6. The van der Waals surface area contributed by atoms with E-state index in [0.29, 0.717) is 28.2 Å². The molecule has 0 spiro atoms. The number of aryl methyl sites for hydroxylation is 2. The van der Waals surface area contributed by atoms with Crippen LogP contribution < -0.4 is 5.32 Å². The summed E-state index contributed by atoms with van der Waals surface area (Å²) in [6.45, 7) is 6.88. The second-order valence-electron chi connectivity index (χ2n) is 8.20. The van der Waals surface area contributed by atoms with E-state index < -0.39 is 23.4 Å². The lowest BCUT2D eigenvalue weighted by Gasteiger charge is -2.11. The van der Waals surface area contributed by atoms with Crippen LogP contribution in [0.5, 0.6) is 0 Å². The maximum atomic E-state index is 13.0. The first-order valence-electron chi connectivity index (χ1n) is 10.8. The number of ether oxygens (including phenoxy) is 1. The molecule has 0 atom stereocenters. The summed E-state index contributed by atoms with van der Waals surface area (Å²) in [6, 6.07) is 9.09. The normalized spacial score (nSPS) is 11.1. The minimum Gasteiger partial charge on any atom is -0.466 e. The number of amides is 1. The van der Waals surface area contributed by atoms with Crippen LogP contribution in [0.3, 0.4) is 0 Å². The zero-order valence-corrected chi connectivity index (χ0v) is 19.6. The number of esters is 1. The van der Waals surface area contributed by atoms with Crippen molar-refractivity contribution >= 4 is 34.3 Å². The summed E-state index contributed by atoms with van der Waals surface area (Å²) in [4.78, 5) is 40.7. The fourth-order valence-corrected chi connectivity index (χ4v) is 3.72. The Kier molecular flexibility index (Phi) is 6.32. The smallest absolute Gasteiger partial charge is 0.339 e. The molecule has 0 saturated heterocycles. The Morgan fingerprint density at radius 3 is 2.63 bits per heavy atom. The van der Waals surface area contributed by atoms with Crippen LogP contribution in [-0.2, 0) is 9.53 Å². The minimum atomic E-state index is -0.752. The van der Waals surface area contributed by atoms with Gasteiger partial charge in [0.25, 0.3) is 11.6 Å². The number of hydrogen-bond acceptors (Lipinski definition) is 8. The molecule has 11 heteroatoms. The van der Waals surface area contributed by atoms with Crippen LogP contribution in [0.1, 0.15) is 41.8 Å². The van der Waals surface area contributed by atoms with Gasteiger partial charge in [-0.25, -0.2) is 14.5 Å². The first kappa shape index (κ1) is 23.6. The molecule has 0 aliphatic heterocycles. The third-order valence-corrected chi connectivity index (χ3v) is 5.30. The van der Waals surface area contributed by atoms with Crippen LogP contribution in [0.25, 0.3) is 22.3 Å². The van der Waals surface area contributed by atoms with E-state index in [-0.39, 0.29) is 23.0 Å². The summed E-state index contributed by atoms with van der Waals surface area (Å²) in [5.74, 6) is -0.115. The molecule has 0 saturated carbocycles. The van der Waals surface area contributed by atoms with Crippen LogP contribution in [0, 0.1) is 24.0 Å². The minimum absolute atomic E-state index is 0.0103. The van der Waals surface area contributed by atoms with Crippen molar-refractivity contribution in [3.63, 3.8) is 0 Å². The van der Waals surface area contributed by atoms with Gasteiger partial charge in [-0.1, -0.05) is 12.1 Å². The Labute approximate surface area is 199 Å². The fourth-order valence-electron chi connectivity index (χ4n) is 3.72. The van der Waals surface area contributed by atoms with Crippen LogP contribution in [0.2, 0.25) is 0 Å². The summed E-state index contributed by atoms with van der Waals surface area (Å²) in [5.41, 5.74) is 1.66. The third-order valence-electron chi connectivity index (χ3n) is 5.30. The number of nitro benzene ring substituents is 1. The largest absolute Gasteiger partial charge is 0.466 e. The van der Waals surface area contributed by atoms with E-state index in [4.69, 9.17) is 14.1 Å². The number of hydrogen-bond donors (Lipinski definition) is 1. The van der Waals surface area contributed by atoms with Gasteiger partial charge >= 0.3 is 5.97 Å². The maximum absolute atomic E-state index is 13.0. The van der Waals surface area contributed by atoms with E-state index in [9.17, 15) is 19.7 Å². The van der Waals surface area contributed by atoms with Crippen molar-refractivity contribution in [2.24, 2.45) is 0 Å². The van der Waals surface area contributed by atoms with Gasteiger partial charge in [-0.05, 0) is 45.9 Å². The van der Waals surface area contributed by atoms with Gasteiger partial charge in [0.15, 0.2) is 12.3 Å². The zero-order valence-electron chi connectivity index (χ0n) is 19.6. The first-order chi connectivity index (χ1) is 16.7. The van der Waals surface area contributed by atoms with Crippen molar-refractivity contribution in [3.8, 4) is 11.3 Å². The van der Waals surface area contributed by atoms with Gasteiger partial charge < -0.3 is 14.5 Å². The van der Waals surface area contributed by atoms with Crippen molar-refractivity contribution in [1.82, 2.24) is 14.8 Å². The van der Waals surface area contributed by atoms with E-state index in [2.05, 4.69) is 10.4 Å². The van der Waals surface area contributed by atoms with Gasteiger partial charge in [0.1, 0.15) is 17.2 Å². The molecule has 11 nitrogen and oxygen atoms in total. The summed E-state index contributed by atoms with van der Waals surface area (Å²) >= 11 is 0. The highest BCUT2D eigenvalue weighted by molar-refractivity contribution is 6.05. The molecule has 0 aliphatic rings. The number of fused-ring (bicyclic) bond motifs is 1. The molecule has 180 valence electrons. The molecule has 0 fully saturated rings. The molecule has 4 rings (SSSR count). The predicted molar refractivity (Wildman–Crippen MR) is 127 cm³/mol. The Balaban J connectivity index is 1.62. The highest BCUT2D eigenvalue weighted by Gasteiger charge is 2.22. The number of benzene rings is 1. The van der Waals surface area contributed by atoms with Crippen molar-refractivity contribution in [2.75, 3.05) is 11.9 Å². The quantitative estimate of drug-likeness (QED) is 0.231. The van der Waals surface area contributed by atoms with E-state index >= 15 is 0 Å². The number of aromatic nitrogens is 3. The van der Waals surface area contributed by atoms with Crippen molar-refractivity contribution < 1.29 is 23.7 Å². The summed E-state index contributed by atoms with van der Waals surface area (Å²) in [6.07, 6.45) is 1.53. The number of carbonyl (C=O) groups excluding carboxylic acids is 2. The fraction of sp³-hybridized carbons (Fsp3) is 0.250. The number of nitrogens with one attached hydrogen (secondary N) is 1. The van der Waals surface area contributed by atoms with Gasteiger partial charge in [-0.3, -0.25) is 14.9 Å². The van der Waals surface area contributed by atoms with Crippen LogP contribution in [0.15, 0.2) is 47.0 Å². The molecule has 3 heterocycles. The molecule has 0 radical (unpaired) electrons. The molecule has 1 amide bonds. The molecule has 35 heavy (non-hydrogen) atoms. The SMILES string of the molecule is Cc1cc(-c2cc(C(=O)OCC(=O)Nc3ccccc3[N+](=O)[O-])c3cnn(C(C)C)c3n2)c(C)o1. The van der Waals surface area contributed by atoms with Crippen molar-refractivity contribution in [1.29, 1.82) is 0 Å². The third kappa shape index (κ3) is 4.74. The van der Waals surface area contributed by atoms with E-state index in [1.54, 1.807) is 23.7 Å². The van der Waals surface area contributed by atoms with Gasteiger partial charge in [-0.15, -0.1) is 0 Å².